The van der Waals surface area contributed by atoms with Crippen LogP contribution >= 0.6 is 0 Å². The molecule has 0 bridgehead atoms. The first-order valence-electron chi connectivity index (χ1n) is 17.0. The summed E-state index contributed by atoms with van der Waals surface area (Å²) in [6.07, 6.45) is 18.4. The molecule has 4 nitrogen and oxygen atoms in total. The molecular formula is C34H70O4. The lowest BCUT2D eigenvalue weighted by molar-refractivity contribution is -0.296. The molecule has 4 heteroatoms. The van der Waals surface area contributed by atoms with Gasteiger partial charge in [0.05, 0.1) is 26.4 Å². The highest BCUT2D eigenvalue weighted by Gasteiger charge is 2.29. The van der Waals surface area contributed by atoms with Gasteiger partial charge in [-0.1, -0.05) is 132 Å². The zero-order chi connectivity index (χ0) is 28.4. The number of rotatable bonds is 29. The second-order valence-electron chi connectivity index (χ2n) is 11.7. The van der Waals surface area contributed by atoms with Crippen molar-refractivity contribution in [3.05, 3.63) is 0 Å². The Balaban J connectivity index is 5.62. The van der Waals surface area contributed by atoms with E-state index in [0.29, 0.717) is 23.7 Å². The molecule has 0 saturated heterocycles. The third-order valence-electron chi connectivity index (χ3n) is 8.38. The quantitative estimate of drug-likeness (QED) is 0.0881. The molecular weight excluding hydrogens is 472 g/mol. The summed E-state index contributed by atoms with van der Waals surface area (Å²) >= 11 is 0. The van der Waals surface area contributed by atoms with Crippen LogP contribution in [0.4, 0.5) is 0 Å². The van der Waals surface area contributed by atoms with Gasteiger partial charge in [0.1, 0.15) is 0 Å². The molecule has 0 aromatic carbocycles. The average Bonchev–Trinajstić information content (AvgIpc) is 2.95. The van der Waals surface area contributed by atoms with E-state index in [4.69, 9.17) is 18.9 Å². The summed E-state index contributed by atoms with van der Waals surface area (Å²) < 4.78 is 26.3. The fourth-order valence-electron chi connectivity index (χ4n) is 4.93. The Labute approximate surface area is 239 Å². The molecule has 0 aromatic rings. The predicted molar refractivity (Wildman–Crippen MR) is 165 cm³/mol. The van der Waals surface area contributed by atoms with Crippen LogP contribution in [0, 0.1) is 23.7 Å². The molecule has 0 aliphatic rings. The van der Waals surface area contributed by atoms with Gasteiger partial charge in [-0.2, -0.15) is 0 Å². The Bertz CT molecular complexity index is 389. The molecule has 0 fully saturated rings. The van der Waals surface area contributed by atoms with Gasteiger partial charge in [-0.05, 0) is 49.4 Å². The van der Waals surface area contributed by atoms with Crippen LogP contribution in [0.25, 0.3) is 0 Å². The van der Waals surface area contributed by atoms with Gasteiger partial charge in [-0.3, -0.25) is 0 Å². The third-order valence-corrected chi connectivity index (χ3v) is 8.38. The van der Waals surface area contributed by atoms with Crippen LogP contribution in [0.15, 0.2) is 0 Å². The summed E-state index contributed by atoms with van der Waals surface area (Å²) in [6, 6.07) is 0. The van der Waals surface area contributed by atoms with E-state index in [1.165, 1.54) is 77.0 Å². The van der Waals surface area contributed by atoms with E-state index in [1.54, 1.807) is 0 Å². The van der Waals surface area contributed by atoms with Crippen molar-refractivity contribution in [3.63, 3.8) is 0 Å². The summed E-state index contributed by atoms with van der Waals surface area (Å²) in [5.41, 5.74) is 0. The number of hydrogen-bond acceptors (Lipinski definition) is 4. The van der Waals surface area contributed by atoms with E-state index >= 15 is 0 Å². The van der Waals surface area contributed by atoms with Crippen molar-refractivity contribution in [2.24, 2.45) is 23.7 Å². The minimum absolute atomic E-state index is 0.464. The average molecular weight is 543 g/mol. The highest BCUT2D eigenvalue weighted by molar-refractivity contribution is 4.65. The molecule has 0 N–H and O–H groups in total. The molecule has 4 atom stereocenters. The van der Waals surface area contributed by atoms with Gasteiger partial charge >= 0.3 is 0 Å². The summed E-state index contributed by atoms with van der Waals surface area (Å²) in [5, 5.41) is 0. The van der Waals surface area contributed by atoms with E-state index in [-0.39, 0.29) is 0 Å². The maximum Gasteiger partial charge on any atom is 0.209 e. The van der Waals surface area contributed by atoms with Crippen LogP contribution in [-0.2, 0) is 18.9 Å². The van der Waals surface area contributed by atoms with E-state index in [1.807, 2.05) is 0 Å². The van der Waals surface area contributed by atoms with Crippen LogP contribution < -0.4 is 0 Å². The summed E-state index contributed by atoms with van der Waals surface area (Å²) in [4.78, 5) is 0. The Kier molecular flexibility index (Phi) is 26.9. The molecule has 0 radical (unpaired) electrons. The first-order valence-corrected chi connectivity index (χ1v) is 17.0. The fourth-order valence-corrected chi connectivity index (χ4v) is 4.93. The van der Waals surface area contributed by atoms with E-state index < -0.39 is 12.6 Å². The predicted octanol–water partition coefficient (Wildman–Crippen LogP) is 10.6. The van der Waals surface area contributed by atoms with Gasteiger partial charge in [0, 0.05) is 0 Å². The smallest absolute Gasteiger partial charge is 0.209 e. The summed E-state index contributed by atoms with van der Waals surface area (Å²) in [6.45, 7) is 21.1. The van der Waals surface area contributed by atoms with Crippen molar-refractivity contribution in [1.29, 1.82) is 0 Å². The molecule has 4 unspecified atom stereocenters. The number of hydrogen-bond donors (Lipinski definition) is 0. The van der Waals surface area contributed by atoms with Crippen LogP contribution in [0.1, 0.15) is 158 Å². The molecule has 38 heavy (non-hydrogen) atoms. The minimum Gasteiger partial charge on any atom is -0.348 e. The first kappa shape index (κ1) is 37.8. The maximum atomic E-state index is 6.58. The van der Waals surface area contributed by atoms with Gasteiger partial charge < -0.3 is 18.9 Å². The van der Waals surface area contributed by atoms with Gasteiger partial charge in [0.15, 0.2) is 0 Å². The zero-order valence-electron chi connectivity index (χ0n) is 27.2. The monoisotopic (exact) mass is 543 g/mol. The topological polar surface area (TPSA) is 36.9 Å². The van der Waals surface area contributed by atoms with Crippen LogP contribution in [0.2, 0.25) is 0 Å². The maximum absolute atomic E-state index is 6.58. The normalized spacial score (nSPS) is 16.7. The fraction of sp³-hybridized carbons (Fsp3) is 1.00. The van der Waals surface area contributed by atoms with Crippen LogP contribution in [0.3, 0.4) is 0 Å². The lowest BCUT2D eigenvalue weighted by atomic mass is 10.00. The molecule has 0 spiro atoms. The largest absolute Gasteiger partial charge is 0.348 e. The summed E-state index contributed by atoms with van der Waals surface area (Å²) in [7, 11) is 0. The minimum atomic E-state index is -0.464. The zero-order valence-corrected chi connectivity index (χ0v) is 27.2. The van der Waals surface area contributed by atoms with Crippen LogP contribution in [-0.4, -0.2) is 39.0 Å². The molecule has 0 aromatic heterocycles. The van der Waals surface area contributed by atoms with Crippen molar-refractivity contribution in [3.8, 4) is 0 Å². The first-order chi connectivity index (χ1) is 18.5. The Morgan fingerprint density at radius 3 is 0.711 bits per heavy atom. The second-order valence-corrected chi connectivity index (χ2v) is 11.7. The van der Waals surface area contributed by atoms with E-state index in [9.17, 15) is 0 Å². The number of unbranched alkanes of at least 4 members (excludes halogenated alkanes) is 4. The van der Waals surface area contributed by atoms with Gasteiger partial charge in [-0.25, -0.2) is 0 Å². The molecule has 0 aliphatic carbocycles. The third kappa shape index (κ3) is 19.0. The van der Waals surface area contributed by atoms with Gasteiger partial charge in [0.2, 0.25) is 12.6 Å². The van der Waals surface area contributed by atoms with Crippen molar-refractivity contribution in [2.75, 3.05) is 26.4 Å². The van der Waals surface area contributed by atoms with Crippen molar-refractivity contribution in [1.82, 2.24) is 0 Å². The molecule has 0 amide bonds. The Morgan fingerprint density at radius 1 is 0.342 bits per heavy atom. The van der Waals surface area contributed by atoms with Crippen molar-refractivity contribution < 1.29 is 18.9 Å². The van der Waals surface area contributed by atoms with E-state index in [2.05, 4.69) is 55.4 Å². The summed E-state index contributed by atoms with van der Waals surface area (Å²) in [5.74, 6) is 2.24. The molecule has 0 heterocycles. The molecule has 0 rings (SSSR count). The van der Waals surface area contributed by atoms with Crippen molar-refractivity contribution >= 4 is 0 Å². The molecule has 230 valence electrons. The molecule has 0 saturated carbocycles. The Morgan fingerprint density at radius 2 is 0.553 bits per heavy atom. The lowest BCUT2D eigenvalue weighted by Gasteiger charge is -2.32. The van der Waals surface area contributed by atoms with Gasteiger partial charge in [0.25, 0.3) is 0 Å². The molecule has 0 aliphatic heterocycles. The van der Waals surface area contributed by atoms with Crippen molar-refractivity contribution in [2.45, 2.75) is 171 Å². The SMILES string of the molecule is CCCCC(CC)COC(OCC(CC)CCCC)C(OCC(CC)CCCC)OCC(CC)CCCC. The van der Waals surface area contributed by atoms with E-state index in [0.717, 1.165) is 52.1 Å². The lowest BCUT2D eigenvalue weighted by Crippen LogP contribution is -2.40. The Hall–Kier alpha value is -0.160. The highest BCUT2D eigenvalue weighted by atomic mass is 16.8. The van der Waals surface area contributed by atoms with Gasteiger partial charge in [-0.15, -0.1) is 0 Å². The second kappa shape index (κ2) is 27.0. The van der Waals surface area contributed by atoms with Crippen LogP contribution in [0.5, 0.6) is 0 Å². The standard InChI is InChI=1S/C34H70O4/c1-9-17-21-29(13-5)25-35-33(36-26-30(14-6)22-18-10-2)34(37-27-31(15-7)23-19-11-3)38-28-32(16-8)24-20-12-4/h29-34H,9-28H2,1-8H3. The highest BCUT2D eigenvalue weighted by Crippen LogP contribution is 2.23. The number of ether oxygens (including phenoxy) is 4.